The topological polar surface area (TPSA) is 88.1 Å². The van der Waals surface area contributed by atoms with Crippen molar-refractivity contribution in [3.8, 4) is 23.0 Å². The molecule has 0 fully saturated rings. The second-order valence-corrected chi connectivity index (χ2v) is 28.0. The number of ether oxygens (including phenoxy) is 4. The van der Waals surface area contributed by atoms with Crippen molar-refractivity contribution in [1.29, 1.82) is 0 Å². The molecule has 0 radical (unpaired) electrons. The molecular weight excluding hydrogens is 1040 g/mol. The maximum atomic E-state index is 13.8. The summed E-state index contributed by atoms with van der Waals surface area (Å²) < 4.78 is 21.8. The van der Waals surface area contributed by atoms with Crippen LogP contribution in [0.3, 0.4) is 0 Å². The lowest BCUT2D eigenvalue weighted by molar-refractivity contribution is 0.107. The van der Waals surface area contributed by atoms with Gasteiger partial charge in [-0.2, -0.15) is 0 Å². The molecule has 0 aliphatic heterocycles. The predicted octanol–water partition coefficient (Wildman–Crippen LogP) is 12.8. The molecule has 0 aromatic heterocycles. The first-order valence-corrected chi connectivity index (χ1v) is 31.2. The number of carbonyl (C=O) groups excluding carboxylic acids is 3. The zero-order valence-corrected chi connectivity index (χ0v) is 47.8. The number of benzene rings is 9. The molecule has 9 aromatic carbocycles. The highest BCUT2D eigenvalue weighted by atomic mass is 32.4. The van der Waals surface area contributed by atoms with E-state index in [1.54, 1.807) is 58.8 Å². The summed E-state index contributed by atoms with van der Waals surface area (Å²) in [4.78, 5) is 41.2. The van der Waals surface area contributed by atoms with E-state index in [-0.39, 0.29) is 16.6 Å². The van der Waals surface area contributed by atoms with Gasteiger partial charge in [0.2, 0.25) is 16.6 Å². The van der Waals surface area contributed by atoms with Crippen LogP contribution >= 0.6 is 20.0 Å². The lowest BCUT2D eigenvalue weighted by Gasteiger charge is -2.24. The van der Waals surface area contributed by atoms with Crippen molar-refractivity contribution in [2.45, 2.75) is 20.8 Å². The third-order valence-electron chi connectivity index (χ3n) is 12.5. The van der Waals surface area contributed by atoms with E-state index < -0.39 is 20.0 Å². The van der Waals surface area contributed by atoms with Crippen LogP contribution in [0.15, 0.2) is 231 Å². The smallest absolute Gasteiger partial charge is 0.209 e. The SMILES string of the molecule is COc1cccc(OC)c1C(=O)P(=S)(c1ccccc1)c1ccccc1.COc1cccc(OC)c1C(=O)P(c1ccccc1)c1ccccc1.Cc1cc(C)c(C(=O)P(=S)(c2ccccc2)c2ccccc2)c(C)c1. The highest BCUT2D eigenvalue weighted by Crippen LogP contribution is 2.51. The van der Waals surface area contributed by atoms with Gasteiger partial charge in [0, 0.05) is 13.5 Å². The van der Waals surface area contributed by atoms with Gasteiger partial charge in [-0.25, -0.2) is 0 Å². The quantitative estimate of drug-likeness (QED) is 0.0878. The zero-order valence-electron chi connectivity index (χ0n) is 43.5. The fraction of sp³-hybridized carbons (Fsp3) is 0.109. The largest absolute Gasteiger partial charge is 0.496 e. The van der Waals surface area contributed by atoms with E-state index in [1.807, 2.05) is 202 Å². The average Bonchev–Trinajstić information content (AvgIpc) is 3.49. The minimum atomic E-state index is -2.78. The van der Waals surface area contributed by atoms with Gasteiger partial charge < -0.3 is 18.9 Å². The molecule has 0 amide bonds. The molecule has 76 heavy (non-hydrogen) atoms. The lowest BCUT2D eigenvalue weighted by Crippen LogP contribution is -2.23. The van der Waals surface area contributed by atoms with E-state index >= 15 is 0 Å². The first kappa shape index (κ1) is 56.6. The van der Waals surface area contributed by atoms with E-state index in [4.69, 9.17) is 42.6 Å². The molecule has 0 aliphatic rings. The average molecular weight is 1100 g/mol. The molecule has 0 bridgehead atoms. The summed E-state index contributed by atoms with van der Waals surface area (Å²) in [7, 11) is 4.99. The third-order valence-corrected chi connectivity index (χ3v) is 23.9. The molecule has 0 unspecified atom stereocenters. The Morgan fingerprint density at radius 1 is 0.355 bits per heavy atom. The second kappa shape index (κ2) is 26.6. The molecule has 0 atom stereocenters. The van der Waals surface area contributed by atoms with Crippen molar-refractivity contribution in [3.05, 3.63) is 264 Å². The van der Waals surface area contributed by atoms with Crippen molar-refractivity contribution in [1.82, 2.24) is 0 Å². The zero-order chi connectivity index (χ0) is 54.2. The van der Waals surface area contributed by atoms with E-state index in [9.17, 15) is 14.4 Å². The predicted molar refractivity (Wildman–Crippen MR) is 325 cm³/mol. The van der Waals surface area contributed by atoms with Crippen molar-refractivity contribution in [2.24, 2.45) is 0 Å². The molecule has 9 rings (SSSR count). The molecule has 0 saturated heterocycles. The summed E-state index contributed by atoms with van der Waals surface area (Å²) >= 11 is 12.3. The molecule has 0 aliphatic carbocycles. The van der Waals surface area contributed by atoms with Crippen LogP contribution in [0.25, 0.3) is 0 Å². The van der Waals surface area contributed by atoms with Gasteiger partial charge >= 0.3 is 0 Å². The van der Waals surface area contributed by atoms with Crippen molar-refractivity contribution < 1.29 is 33.3 Å². The summed E-state index contributed by atoms with van der Waals surface area (Å²) in [6.45, 7) is 6.06. The molecule has 0 N–H and O–H groups in total. The van der Waals surface area contributed by atoms with Gasteiger partial charge in [0.05, 0.1) is 40.5 Å². The lowest BCUT2D eigenvalue weighted by atomic mass is 10.0. The maximum absolute atomic E-state index is 13.8. The van der Waals surface area contributed by atoms with E-state index in [2.05, 4.69) is 19.1 Å². The van der Waals surface area contributed by atoms with Crippen LogP contribution in [-0.2, 0) is 23.6 Å². The van der Waals surface area contributed by atoms with Crippen LogP contribution in [0.1, 0.15) is 47.8 Å². The van der Waals surface area contributed by atoms with Gasteiger partial charge in [-0.1, -0.05) is 235 Å². The first-order chi connectivity index (χ1) is 36.8. The Bertz CT molecular complexity index is 3320. The number of methoxy groups -OCH3 is 4. The standard InChI is InChI=1S/C22H21OPS.C21H19O3PS.C21H19O3P/c1-16-14-17(2)21(18(3)15-16)22(23)24(25,19-10-6-4-7-11-19)20-12-8-5-9-13-20;1-23-18-14-9-15-19(24-2)20(18)21(22)25(26,16-10-5-3-6-11-16)17-12-7-4-8-13-17;1-23-18-14-9-15-19(24-2)20(18)21(22)25(16-10-5-3-6-11-16)17-12-7-4-8-13-17/h4-15H,1-3H3;3-15H,1-2H3;3-15H,1-2H3. The number of rotatable bonds is 16. The van der Waals surface area contributed by atoms with Crippen LogP contribution in [0, 0.1) is 20.8 Å². The van der Waals surface area contributed by atoms with Crippen LogP contribution in [0.5, 0.6) is 23.0 Å². The van der Waals surface area contributed by atoms with Crippen LogP contribution in [0.2, 0.25) is 0 Å². The fourth-order valence-corrected chi connectivity index (χ4v) is 18.2. The van der Waals surface area contributed by atoms with E-state index in [1.165, 1.54) is 5.56 Å². The van der Waals surface area contributed by atoms with Gasteiger partial charge in [0.15, 0.2) is 0 Å². The fourth-order valence-electron chi connectivity index (χ4n) is 8.92. The Kier molecular flexibility index (Phi) is 19.8. The minimum absolute atomic E-state index is 0.0155. The van der Waals surface area contributed by atoms with Crippen LogP contribution < -0.4 is 50.8 Å². The van der Waals surface area contributed by atoms with Gasteiger partial charge in [0.25, 0.3) is 0 Å². The highest BCUT2D eigenvalue weighted by Gasteiger charge is 2.36. The Hall–Kier alpha value is -7.08. The van der Waals surface area contributed by atoms with E-state index in [0.29, 0.717) is 34.1 Å². The van der Waals surface area contributed by atoms with Gasteiger partial charge in [-0.05, 0) is 88.0 Å². The van der Waals surface area contributed by atoms with Gasteiger partial charge in [-0.15, -0.1) is 0 Å². The van der Waals surface area contributed by atoms with Crippen molar-refractivity contribution in [2.75, 3.05) is 28.4 Å². The number of carbonyl (C=O) groups is 3. The summed E-state index contributed by atoms with van der Waals surface area (Å²) in [5.74, 6) is 2.00. The number of aryl methyl sites for hydroxylation is 3. The summed E-state index contributed by atoms with van der Waals surface area (Å²) in [5.41, 5.74) is 4.80. The number of hydrogen-bond donors (Lipinski definition) is 0. The molecule has 7 nitrogen and oxygen atoms in total. The van der Waals surface area contributed by atoms with Crippen molar-refractivity contribution in [3.63, 3.8) is 0 Å². The monoisotopic (exact) mass is 1100 g/mol. The highest BCUT2D eigenvalue weighted by molar-refractivity contribution is 8.30. The Labute approximate surface area is 458 Å². The van der Waals surface area contributed by atoms with E-state index in [0.717, 1.165) is 48.5 Å². The first-order valence-electron chi connectivity index (χ1n) is 24.3. The Morgan fingerprint density at radius 3 is 0.908 bits per heavy atom. The Balaban J connectivity index is 0.000000166. The van der Waals surface area contributed by atoms with Crippen LogP contribution in [-0.4, -0.2) is 45.0 Å². The normalized spacial score (nSPS) is 10.9. The second-order valence-electron chi connectivity index (χ2n) is 17.3. The molecule has 0 saturated carbocycles. The molecule has 0 heterocycles. The maximum Gasteiger partial charge on any atom is 0.209 e. The third kappa shape index (κ3) is 12.4. The van der Waals surface area contributed by atoms with Gasteiger partial charge in [-0.3, -0.25) is 14.4 Å². The molecule has 384 valence electrons. The van der Waals surface area contributed by atoms with Crippen LogP contribution in [0.4, 0.5) is 0 Å². The molecule has 9 aromatic rings. The van der Waals surface area contributed by atoms with Gasteiger partial charge in [0.1, 0.15) is 34.1 Å². The summed E-state index contributed by atoms with van der Waals surface area (Å²) in [6.07, 6.45) is 0. The number of hydrogen-bond acceptors (Lipinski definition) is 9. The minimum Gasteiger partial charge on any atom is -0.496 e. The summed E-state index contributed by atoms with van der Waals surface area (Å²) in [5, 5.41) is 5.59. The molecule has 0 spiro atoms. The van der Waals surface area contributed by atoms with Crippen molar-refractivity contribution >= 4 is 92.0 Å². The Morgan fingerprint density at radius 2 is 0.618 bits per heavy atom. The molecule has 12 heteroatoms. The summed E-state index contributed by atoms with van der Waals surface area (Å²) in [6, 6.07) is 68.1. The molecular formula is C64H59O7P3S2.